The lowest BCUT2D eigenvalue weighted by molar-refractivity contribution is 0.619. The molecule has 14 heteroatoms. The zero-order chi connectivity index (χ0) is 90.7. The zero-order valence-corrected chi connectivity index (χ0v) is 74.5. The molecule has 0 atom stereocenters. The predicted molar refractivity (Wildman–Crippen MR) is 544 cm³/mol. The maximum atomic E-state index is 7.00. The topological polar surface area (TPSA) is 181 Å². The van der Waals surface area contributed by atoms with Crippen molar-refractivity contribution >= 4 is 65.8 Å². The smallest absolute Gasteiger partial charge is 0.182 e. The van der Waals surface area contributed by atoms with Gasteiger partial charge in [-0.3, -0.25) is 9.97 Å². The lowest BCUT2D eigenvalue weighted by Crippen LogP contribution is -2.28. The highest BCUT2D eigenvalue weighted by molar-refractivity contribution is 6.13. The summed E-state index contributed by atoms with van der Waals surface area (Å²) in [6, 6.07) is 140. The largest absolute Gasteiger partial charge is 0.456 e. The van der Waals surface area contributed by atoms with Crippen molar-refractivity contribution < 1.29 is 13.3 Å². The van der Waals surface area contributed by atoms with Crippen LogP contribution in [0.2, 0.25) is 0 Å². The van der Waals surface area contributed by atoms with Crippen LogP contribution >= 0.6 is 0 Å². The highest BCUT2D eigenvalue weighted by Crippen LogP contribution is 2.60. The van der Waals surface area contributed by atoms with Gasteiger partial charge >= 0.3 is 0 Å². The SMILES string of the molecule is CC1(C)c2ccccc2-c2ccc3c(oc4ccc(-c5nc(-c6ccccc6)nc(-c6ccccc6)n5)cc43)c21.CC1(C)c2ccccc2-c2ccc3c(oc4ccc(-c5nc(-c6ccccn6)nc(-c6ccccn6)n5)cc43)c21.c1ccc(-c2cccc(-c3nc(-c4ccccc4)nc(-c4ccc5oc6c7c(ccc6c5c4)-c4ccccc4C7(c4ccccc4)c4ccccc4)n3)c2)cc1. The molecule has 136 heavy (non-hydrogen) atoms. The molecule has 24 aromatic rings. The summed E-state index contributed by atoms with van der Waals surface area (Å²) >= 11 is 0. The standard InChI is InChI=1S/C52H33N3O.C36H25N3O.C34H23N5O/c1-5-16-34(17-6-1)36-20-15-21-37(32-36)50-53-49(35-18-7-2-8-19-35)54-51(55-50)38-28-31-46-44(33-38)43-30-29-42-41-26-13-14-27-45(41)52(47(42)48(43)56-46,39-22-9-3-10-23-39)40-24-11-4-12-25-40;1-36(2)29-16-10-9-15-25(29)26-18-19-27-28-21-24(17-20-30(28)40-32(27)31(26)36)35-38-33(22-11-5-3-6-12-22)37-34(39-35)23-13-7-4-8-14-23;1-34(2)25-10-4-3-9-21(25)22-14-15-23-24-19-20(13-16-28(24)40-30(23)29(22)34)31-37-32(26-11-5-7-17-35-26)39-33(38-31)27-12-6-8-18-36-27/h1-33H;3-21H,1-2H3;3-19H,1-2H3. The molecule has 0 radical (unpaired) electrons. The summed E-state index contributed by atoms with van der Waals surface area (Å²) in [6.07, 6.45) is 3.47. The van der Waals surface area contributed by atoms with Crippen LogP contribution in [0.1, 0.15) is 72.2 Å². The molecule has 3 aliphatic carbocycles. The molecule has 0 bridgehead atoms. The Bertz CT molecular complexity index is 8380. The third kappa shape index (κ3) is 13.4. The number of hydrogen-bond acceptors (Lipinski definition) is 14. The lowest BCUT2D eigenvalue weighted by Gasteiger charge is -2.33. The van der Waals surface area contributed by atoms with Gasteiger partial charge in [-0.2, -0.15) is 0 Å². The molecule has 8 heterocycles. The van der Waals surface area contributed by atoms with Crippen molar-refractivity contribution in [3.63, 3.8) is 0 Å². The van der Waals surface area contributed by atoms with Crippen LogP contribution in [0.3, 0.4) is 0 Å². The summed E-state index contributed by atoms with van der Waals surface area (Å²) in [7, 11) is 0. The molecule has 0 N–H and O–H groups in total. The van der Waals surface area contributed by atoms with Crippen LogP contribution in [-0.2, 0) is 16.2 Å². The van der Waals surface area contributed by atoms with Gasteiger partial charge < -0.3 is 13.3 Å². The first-order chi connectivity index (χ1) is 66.9. The van der Waals surface area contributed by atoms with Gasteiger partial charge in [-0.15, -0.1) is 0 Å². The van der Waals surface area contributed by atoms with Crippen LogP contribution in [0.15, 0.2) is 432 Å². The van der Waals surface area contributed by atoms with Crippen LogP contribution < -0.4 is 0 Å². The number of rotatable bonds is 12. The molecule has 0 fully saturated rings. The van der Waals surface area contributed by atoms with Gasteiger partial charge in [0.1, 0.15) is 44.9 Å². The van der Waals surface area contributed by atoms with E-state index in [4.69, 9.17) is 58.1 Å². The molecule has 0 aliphatic heterocycles. The Labute approximate surface area is 783 Å². The maximum absolute atomic E-state index is 7.00. The van der Waals surface area contributed by atoms with Gasteiger partial charge in [0.25, 0.3) is 0 Å². The van der Waals surface area contributed by atoms with Crippen LogP contribution in [0.5, 0.6) is 0 Å². The van der Waals surface area contributed by atoms with Gasteiger partial charge in [-0.05, 0) is 175 Å². The van der Waals surface area contributed by atoms with Crippen molar-refractivity contribution in [2.75, 3.05) is 0 Å². The van der Waals surface area contributed by atoms with E-state index >= 15 is 0 Å². The Morgan fingerprint density at radius 2 is 0.478 bits per heavy atom. The molecule has 0 spiro atoms. The first kappa shape index (κ1) is 80.3. The zero-order valence-electron chi connectivity index (χ0n) is 74.5. The Kier molecular flexibility index (Phi) is 19.1. The number of nitrogens with zero attached hydrogens (tertiary/aromatic N) is 11. The molecule has 0 unspecified atom stereocenters. The molecule has 0 saturated heterocycles. The van der Waals surface area contributed by atoms with E-state index in [2.05, 4.69) is 286 Å². The quantitative estimate of drug-likeness (QED) is 0.113. The minimum atomic E-state index is -0.577. The number of furan rings is 3. The molecule has 0 amide bonds. The number of aromatic nitrogens is 11. The fourth-order valence-corrected chi connectivity index (χ4v) is 20.8. The van der Waals surface area contributed by atoms with Crippen LogP contribution in [0, 0.1) is 0 Å². The average Bonchev–Trinajstić information content (AvgIpc) is 1.50. The van der Waals surface area contributed by atoms with Gasteiger partial charge in [0.05, 0.1) is 5.41 Å². The number of hydrogen-bond donors (Lipinski definition) is 0. The van der Waals surface area contributed by atoms with Gasteiger partial charge in [-0.25, -0.2) is 44.9 Å². The summed E-state index contributed by atoms with van der Waals surface area (Å²) in [6.45, 7) is 9.13. The molecule has 16 aromatic carbocycles. The normalized spacial score (nSPS) is 13.2. The van der Waals surface area contributed by atoms with Crippen LogP contribution in [0.25, 0.3) is 213 Å². The number of benzene rings is 16. The Balaban J connectivity index is 0.000000111. The Morgan fingerprint density at radius 1 is 0.191 bits per heavy atom. The molecule has 27 rings (SSSR count). The molecule has 642 valence electrons. The summed E-state index contributed by atoms with van der Waals surface area (Å²) in [5.41, 5.74) is 31.9. The van der Waals surface area contributed by atoms with Crippen LogP contribution in [-0.4, -0.2) is 54.8 Å². The van der Waals surface area contributed by atoms with Crippen molar-refractivity contribution in [2.24, 2.45) is 0 Å². The predicted octanol–water partition coefficient (Wildman–Crippen LogP) is 29.7. The monoisotopic (exact) mass is 1750 g/mol. The Morgan fingerprint density at radius 3 is 0.860 bits per heavy atom. The van der Waals surface area contributed by atoms with E-state index in [1.807, 2.05) is 158 Å². The molecule has 0 saturated carbocycles. The fourth-order valence-electron chi connectivity index (χ4n) is 20.8. The van der Waals surface area contributed by atoms with E-state index in [1.54, 1.807) is 12.4 Å². The lowest BCUT2D eigenvalue weighted by atomic mass is 9.67. The summed E-state index contributed by atoms with van der Waals surface area (Å²) in [5, 5.41) is 6.35. The van der Waals surface area contributed by atoms with Crippen molar-refractivity contribution in [3.8, 4) is 147 Å². The van der Waals surface area contributed by atoms with Gasteiger partial charge in [0.2, 0.25) is 0 Å². The van der Waals surface area contributed by atoms with E-state index in [0.717, 1.165) is 116 Å². The van der Waals surface area contributed by atoms with Crippen molar-refractivity contribution in [2.45, 2.75) is 43.9 Å². The van der Waals surface area contributed by atoms with Gasteiger partial charge in [0.15, 0.2) is 52.4 Å². The second-order valence-electron chi connectivity index (χ2n) is 35.8. The molecule has 8 aromatic heterocycles. The third-order valence-corrected chi connectivity index (χ3v) is 27.2. The average molecular weight is 1750 g/mol. The van der Waals surface area contributed by atoms with Crippen molar-refractivity contribution in [3.05, 3.63) is 463 Å². The number of fused-ring (bicyclic) bond motifs is 21. The first-order valence-corrected chi connectivity index (χ1v) is 45.8. The van der Waals surface area contributed by atoms with E-state index < -0.39 is 5.41 Å². The summed E-state index contributed by atoms with van der Waals surface area (Å²) < 4.78 is 20.2. The highest BCUT2D eigenvalue weighted by atomic mass is 16.3. The maximum Gasteiger partial charge on any atom is 0.182 e. The minimum Gasteiger partial charge on any atom is -0.456 e. The third-order valence-electron chi connectivity index (χ3n) is 27.2. The minimum absolute atomic E-state index is 0.147. The second kappa shape index (κ2) is 32.4. The summed E-state index contributed by atoms with van der Waals surface area (Å²) in [4.78, 5) is 53.3. The molecular formula is C122H81N11O3. The second-order valence-corrected chi connectivity index (χ2v) is 35.8. The first-order valence-electron chi connectivity index (χ1n) is 45.8. The van der Waals surface area contributed by atoms with Crippen molar-refractivity contribution in [1.82, 2.24) is 54.8 Å². The molecule has 3 aliphatic rings. The highest BCUT2D eigenvalue weighted by Gasteiger charge is 2.49. The van der Waals surface area contributed by atoms with Gasteiger partial charge in [0, 0.05) is 111 Å². The fraction of sp³-hybridized carbons (Fsp3) is 0.0574. The van der Waals surface area contributed by atoms with E-state index in [1.165, 1.54) is 77.9 Å². The van der Waals surface area contributed by atoms with Crippen LogP contribution in [0.4, 0.5) is 0 Å². The Hall–Kier alpha value is -17.8. The van der Waals surface area contributed by atoms with Crippen molar-refractivity contribution in [1.29, 1.82) is 0 Å². The van der Waals surface area contributed by atoms with E-state index in [-0.39, 0.29) is 10.8 Å². The molecular weight excluding hydrogens is 1670 g/mol. The van der Waals surface area contributed by atoms with E-state index in [9.17, 15) is 0 Å². The molecule has 14 nitrogen and oxygen atoms in total. The summed E-state index contributed by atoms with van der Waals surface area (Å²) in [5.74, 6) is 5.35. The van der Waals surface area contributed by atoms with Gasteiger partial charge in [-0.1, -0.05) is 331 Å². The van der Waals surface area contributed by atoms with E-state index in [0.29, 0.717) is 63.8 Å². The number of pyridine rings is 2.